The van der Waals surface area contributed by atoms with E-state index < -0.39 is 11.9 Å². The SMILES string of the molecule is CCOC(=O)CCN(C)C(=O)C(C)NC(=O)c1ccco1. The van der Waals surface area contributed by atoms with Gasteiger partial charge in [-0.1, -0.05) is 0 Å². The minimum absolute atomic E-state index is 0.120. The highest BCUT2D eigenvalue weighted by atomic mass is 16.5. The second-order valence-corrected chi connectivity index (χ2v) is 4.49. The molecule has 0 fully saturated rings. The zero-order chi connectivity index (χ0) is 15.8. The third kappa shape index (κ3) is 5.29. The lowest BCUT2D eigenvalue weighted by Crippen LogP contribution is -2.46. The van der Waals surface area contributed by atoms with Gasteiger partial charge >= 0.3 is 5.97 Å². The second kappa shape index (κ2) is 8.08. The monoisotopic (exact) mass is 296 g/mol. The Morgan fingerprint density at radius 2 is 2.14 bits per heavy atom. The van der Waals surface area contributed by atoms with Crippen LogP contribution in [0, 0.1) is 0 Å². The van der Waals surface area contributed by atoms with Gasteiger partial charge in [0.1, 0.15) is 6.04 Å². The van der Waals surface area contributed by atoms with Crippen LogP contribution in [-0.4, -0.2) is 48.9 Å². The van der Waals surface area contributed by atoms with Crippen molar-refractivity contribution in [3.05, 3.63) is 24.2 Å². The van der Waals surface area contributed by atoms with E-state index in [4.69, 9.17) is 9.15 Å². The highest BCUT2D eigenvalue weighted by Gasteiger charge is 2.21. The van der Waals surface area contributed by atoms with Crippen LogP contribution >= 0.6 is 0 Å². The number of furan rings is 1. The molecule has 0 bridgehead atoms. The highest BCUT2D eigenvalue weighted by molar-refractivity contribution is 5.95. The molecule has 0 aliphatic carbocycles. The van der Waals surface area contributed by atoms with Crippen molar-refractivity contribution in [3.63, 3.8) is 0 Å². The maximum atomic E-state index is 12.0. The van der Waals surface area contributed by atoms with E-state index >= 15 is 0 Å². The van der Waals surface area contributed by atoms with Gasteiger partial charge in [0, 0.05) is 13.6 Å². The number of hydrogen-bond donors (Lipinski definition) is 1. The number of nitrogens with zero attached hydrogens (tertiary/aromatic N) is 1. The van der Waals surface area contributed by atoms with Crippen LogP contribution in [0.15, 0.2) is 22.8 Å². The fourth-order valence-electron chi connectivity index (χ4n) is 1.67. The zero-order valence-corrected chi connectivity index (χ0v) is 12.4. The number of ether oxygens (including phenoxy) is 1. The summed E-state index contributed by atoms with van der Waals surface area (Å²) in [6, 6.07) is 2.39. The van der Waals surface area contributed by atoms with Crippen molar-refractivity contribution in [1.82, 2.24) is 10.2 Å². The molecule has 7 heteroatoms. The molecule has 0 radical (unpaired) electrons. The summed E-state index contributed by atoms with van der Waals surface area (Å²) in [5.74, 6) is -0.966. The average Bonchev–Trinajstić information content (AvgIpc) is 2.98. The molecule has 1 atom stereocenters. The lowest BCUT2D eigenvalue weighted by atomic mass is 10.2. The lowest BCUT2D eigenvalue weighted by Gasteiger charge is -2.21. The molecule has 1 rings (SSSR count). The molecule has 1 unspecified atom stereocenters. The minimum atomic E-state index is -0.713. The van der Waals surface area contributed by atoms with E-state index in [2.05, 4.69) is 5.32 Å². The zero-order valence-electron chi connectivity index (χ0n) is 12.4. The third-order valence-corrected chi connectivity index (χ3v) is 2.80. The van der Waals surface area contributed by atoms with Crippen LogP contribution in [0.4, 0.5) is 0 Å². The molecule has 116 valence electrons. The third-order valence-electron chi connectivity index (χ3n) is 2.80. The van der Waals surface area contributed by atoms with Crippen molar-refractivity contribution in [1.29, 1.82) is 0 Å². The summed E-state index contributed by atoms with van der Waals surface area (Å²) >= 11 is 0. The summed E-state index contributed by atoms with van der Waals surface area (Å²) in [6.45, 7) is 3.84. The summed E-state index contributed by atoms with van der Waals surface area (Å²) < 4.78 is 9.73. The first kappa shape index (κ1) is 16.7. The number of hydrogen-bond acceptors (Lipinski definition) is 5. The van der Waals surface area contributed by atoms with Gasteiger partial charge in [-0.15, -0.1) is 0 Å². The Balaban J connectivity index is 2.42. The second-order valence-electron chi connectivity index (χ2n) is 4.49. The predicted octanol–water partition coefficient (Wildman–Crippen LogP) is 0.810. The van der Waals surface area contributed by atoms with Gasteiger partial charge in [0.2, 0.25) is 5.91 Å². The summed E-state index contributed by atoms with van der Waals surface area (Å²) in [5, 5.41) is 2.54. The molecule has 0 aromatic carbocycles. The van der Waals surface area contributed by atoms with E-state index in [1.807, 2.05) is 0 Å². The number of likely N-dealkylation sites (N-methyl/N-ethyl adjacent to an activating group) is 1. The predicted molar refractivity (Wildman–Crippen MR) is 74.5 cm³/mol. The first-order chi connectivity index (χ1) is 9.95. The first-order valence-corrected chi connectivity index (χ1v) is 6.70. The Bertz CT molecular complexity index is 484. The molecule has 0 aliphatic heterocycles. The van der Waals surface area contributed by atoms with Gasteiger partial charge in [0.05, 0.1) is 19.3 Å². The molecule has 1 heterocycles. The number of amides is 2. The number of rotatable bonds is 7. The molecule has 0 spiro atoms. The minimum Gasteiger partial charge on any atom is -0.466 e. The number of nitrogens with one attached hydrogen (secondary N) is 1. The quantitative estimate of drug-likeness (QED) is 0.752. The van der Waals surface area contributed by atoms with E-state index in [1.54, 1.807) is 27.0 Å². The fraction of sp³-hybridized carbons (Fsp3) is 0.500. The molecule has 0 aliphatic rings. The van der Waals surface area contributed by atoms with Crippen LogP contribution in [0.1, 0.15) is 30.8 Å². The standard InChI is InChI=1S/C14H20N2O5/c1-4-20-12(17)7-8-16(3)14(19)10(2)15-13(18)11-6-5-9-21-11/h5-6,9-10H,4,7-8H2,1-3H3,(H,15,18). The lowest BCUT2D eigenvalue weighted by molar-refractivity contribution is -0.144. The molecule has 0 saturated carbocycles. The van der Waals surface area contributed by atoms with Crippen LogP contribution in [0.2, 0.25) is 0 Å². The van der Waals surface area contributed by atoms with Crippen LogP contribution in [0.25, 0.3) is 0 Å². The Hall–Kier alpha value is -2.31. The molecule has 7 nitrogen and oxygen atoms in total. The summed E-state index contributed by atoms with van der Waals surface area (Å²) in [7, 11) is 1.57. The van der Waals surface area contributed by atoms with Crippen molar-refractivity contribution in [3.8, 4) is 0 Å². The summed E-state index contributed by atoms with van der Waals surface area (Å²) in [5.41, 5.74) is 0. The Morgan fingerprint density at radius 3 is 2.71 bits per heavy atom. The van der Waals surface area contributed by atoms with E-state index in [1.165, 1.54) is 17.2 Å². The largest absolute Gasteiger partial charge is 0.466 e. The van der Waals surface area contributed by atoms with Gasteiger partial charge in [0.25, 0.3) is 5.91 Å². The van der Waals surface area contributed by atoms with Crippen molar-refractivity contribution in [2.24, 2.45) is 0 Å². The van der Waals surface area contributed by atoms with E-state index in [-0.39, 0.29) is 30.6 Å². The fourth-order valence-corrected chi connectivity index (χ4v) is 1.67. The van der Waals surface area contributed by atoms with Crippen LogP contribution in [0.5, 0.6) is 0 Å². The van der Waals surface area contributed by atoms with Gasteiger partial charge in [-0.2, -0.15) is 0 Å². The van der Waals surface area contributed by atoms with Crippen LogP contribution in [0.3, 0.4) is 0 Å². The van der Waals surface area contributed by atoms with Gasteiger partial charge in [-0.25, -0.2) is 0 Å². The Morgan fingerprint density at radius 1 is 1.43 bits per heavy atom. The van der Waals surface area contributed by atoms with Gasteiger partial charge in [-0.05, 0) is 26.0 Å². The Kier molecular flexibility index (Phi) is 6.45. The number of esters is 1. The molecular formula is C14H20N2O5. The molecule has 2 amide bonds. The van der Waals surface area contributed by atoms with Gasteiger partial charge in [-0.3, -0.25) is 14.4 Å². The molecular weight excluding hydrogens is 276 g/mol. The smallest absolute Gasteiger partial charge is 0.307 e. The normalized spacial score (nSPS) is 11.6. The molecule has 1 aromatic rings. The maximum Gasteiger partial charge on any atom is 0.307 e. The van der Waals surface area contributed by atoms with Crippen molar-refractivity contribution in [2.45, 2.75) is 26.3 Å². The molecule has 1 aromatic heterocycles. The molecule has 0 saturated heterocycles. The van der Waals surface area contributed by atoms with Crippen molar-refractivity contribution < 1.29 is 23.5 Å². The highest BCUT2D eigenvalue weighted by Crippen LogP contribution is 2.01. The molecule has 1 N–H and O–H groups in total. The van der Waals surface area contributed by atoms with Crippen molar-refractivity contribution in [2.75, 3.05) is 20.2 Å². The van der Waals surface area contributed by atoms with E-state index in [0.717, 1.165) is 0 Å². The average molecular weight is 296 g/mol. The topological polar surface area (TPSA) is 88.9 Å². The molecule has 21 heavy (non-hydrogen) atoms. The summed E-state index contributed by atoms with van der Waals surface area (Å²) in [6.07, 6.45) is 1.50. The number of carbonyl (C=O) groups excluding carboxylic acids is 3. The van der Waals surface area contributed by atoms with Gasteiger partial charge in [0.15, 0.2) is 5.76 Å². The van der Waals surface area contributed by atoms with Crippen LogP contribution < -0.4 is 5.32 Å². The van der Waals surface area contributed by atoms with E-state index in [9.17, 15) is 14.4 Å². The number of carbonyl (C=O) groups is 3. The first-order valence-electron chi connectivity index (χ1n) is 6.70. The van der Waals surface area contributed by atoms with Gasteiger partial charge < -0.3 is 19.4 Å². The maximum absolute atomic E-state index is 12.0. The summed E-state index contributed by atoms with van der Waals surface area (Å²) in [4.78, 5) is 36.4. The van der Waals surface area contributed by atoms with Crippen LogP contribution in [-0.2, 0) is 14.3 Å². The van der Waals surface area contributed by atoms with E-state index in [0.29, 0.717) is 6.61 Å². The Labute approximate surface area is 123 Å². The van der Waals surface area contributed by atoms with Crippen molar-refractivity contribution >= 4 is 17.8 Å².